The second-order valence-corrected chi connectivity index (χ2v) is 4.12. The van der Waals surface area contributed by atoms with E-state index in [1.165, 1.54) is 12.4 Å². The molecule has 6 nitrogen and oxygen atoms in total. The molecule has 0 radical (unpaired) electrons. The highest BCUT2D eigenvalue weighted by Crippen LogP contribution is 2.31. The van der Waals surface area contributed by atoms with Gasteiger partial charge in [0.05, 0.1) is 11.3 Å². The van der Waals surface area contributed by atoms with Crippen LogP contribution >= 0.6 is 0 Å². The van der Waals surface area contributed by atoms with Crippen LogP contribution in [-0.2, 0) is 4.79 Å². The molecule has 100 valence electrons. The molecule has 0 aliphatic carbocycles. The molecule has 1 N–H and O–H groups in total. The molecular formula is C14H10N2O4. The highest BCUT2D eigenvalue weighted by molar-refractivity contribution is 5.95. The molecule has 2 heterocycles. The summed E-state index contributed by atoms with van der Waals surface area (Å²) < 4.78 is 10.5. The first-order valence-electron chi connectivity index (χ1n) is 5.91. The Morgan fingerprint density at radius 1 is 1.25 bits per heavy atom. The third kappa shape index (κ3) is 2.44. The van der Waals surface area contributed by atoms with Crippen LogP contribution < -0.4 is 14.8 Å². The van der Waals surface area contributed by atoms with E-state index in [1.807, 2.05) is 0 Å². The number of hydrogen-bond acceptors (Lipinski definition) is 5. The lowest BCUT2D eigenvalue weighted by atomic mass is 10.2. The van der Waals surface area contributed by atoms with Crippen LogP contribution in [0.1, 0.15) is 10.4 Å². The van der Waals surface area contributed by atoms with Crippen molar-refractivity contribution in [1.29, 1.82) is 0 Å². The molecule has 0 fully saturated rings. The van der Waals surface area contributed by atoms with Gasteiger partial charge in [0.2, 0.25) is 0 Å². The standard InChI is InChI=1S/C14H10N2O4/c17-13-8-19-12-7-10(1-2-11(12)16-13)20-14(18)9-3-5-15-6-4-9/h1-7H,8H2,(H,16,17). The van der Waals surface area contributed by atoms with Gasteiger partial charge in [0.1, 0.15) is 11.5 Å². The Hall–Kier alpha value is -2.89. The van der Waals surface area contributed by atoms with Crippen molar-refractivity contribution in [1.82, 2.24) is 4.98 Å². The zero-order chi connectivity index (χ0) is 13.9. The van der Waals surface area contributed by atoms with Crippen LogP contribution in [0.2, 0.25) is 0 Å². The van der Waals surface area contributed by atoms with Crippen molar-refractivity contribution in [3.63, 3.8) is 0 Å². The number of ether oxygens (including phenoxy) is 2. The topological polar surface area (TPSA) is 77.5 Å². The lowest BCUT2D eigenvalue weighted by Gasteiger charge is -2.18. The van der Waals surface area contributed by atoms with Crippen molar-refractivity contribution >= 4 is 17.6 Å². The molecule has 0 saturated heterocycles. The monoisotopic (exact) mass is 270 g/mol. The van der Waals surface area contributed by atoms with Gasteiger partial charge in [-0.2, -0.15) is 0 Å². The van der Waals surface area contributed by atoms with Crippen molar-refractivity contribution in [2.45, 2.75) is 0 Å². The van der Waals surface area contributed by atoms with Gasteiger partial charge < -0.3 is 14.8 Å². The number of carbonyl (C=O) groups is 2. The number of fused-ring (bicyclic) bond motifs is 1. The summed E-state index contributed by atoms with van der Waals surface area (Å²) in [7, 11) is 0. The summed E-state index contributed by atoms with van der Waals surface area (Å²) in [5, 5.41) is 2.66. The largest absolute Gasteiger partial charge is 0.481 e. The van der Waals surface area contributed by atoms with E-state index in [2.05, 4.69) is 10.3 Å². The minimum absolute atomic E-state index is 0.0469. The average Bonchev–Trinajstić information content (AvgIpc) is 2.48. The number of nitrogens with one attached hydrogen (secondary N) is 1. The van der Waals surface area contributed by atoms with E-state index in [9.17, 15) is 9.59 Å². The fourth-order valence-electron chi connectivity index (χ4n) is 1.77. The number of esters is 1. The molecule has 20 heavy (non-hydrogen) atoms. The molecule has 1 aliphatic rings. The Morgan fingerprint density at radius 3 is 2.85 bits per heavy atom. The number of amides is 1. The third-order valence-corrected chi connectivity index (χ3v) is 2.71. The maximum Gasteiger partial charge on any atom is 0.343 e. The molecule has 0 unspecified atom stereocenters. The number of hydrogen-bond donors (Lipinski definition) is 1. The molecule has 0 spiro atoms. The average molecular weight is 270 g/mol. The summed E-state index contributed by atoms with van der Waals surface area (Å²) in [5.41, 5.74) is 0.969. The van der Waals surface area contributed by atoms with E-state index in [-0.39, 0.29) is 12.5 Å². The van der Waals surface area contributed by atoms with Crippen molar-refractivity contribution in [3.05, 3.63) is 48.3 Å². The summed E-state index contributed by atoms with van der Waals surface area (Å²) in [5.74, 6) is 0.137. The fourth-order valence-corrected chi connectivity index (χ4v) is 1.77. The van der Waals surface area contributed by atoms with E-state index >= 15 is 0 Å². The van der Waals surface area contributed by atoms with Gasteiger partial charge in [-0.1, -0.05) is 0 Å². The molecule has 1 aromatic heterocycles. The van der Waals surface area contributed by atoms with Gasteiger partial charge in [0.15, 0.2) is 6.61 Å². The predicted molar refractivity (Wildman–Crippen MR) is 69.8 cm³/mol. The second kappa shape index (κ2) is 5.00. The number of nitrogens with zero attached hydrogens (tertiary/aromatic N) is 1. The molecule has 2 aromatic rings. The Bertz CT molecular complexity index is 670. The number of benzene rings is 1. The summed E-state index contributed by atoms with van der Waals surface area (Å²) in [6, 6.07) is 7.91. The summed E-state index contributed by atoms with van der Waals surface area (Å²) >= 11 is 0. The van der Waals surface area contributed by atoms with Crippen LogP contribution in [-0.4, -0.2) is 23.5 Å². The van der Waals surface area contributed by atoms with Crippen molar-refractivity contribution in [2.75, 3.05) is 11.9 Å². The van der Waals surface area contributed by atoms with Crippen LogP contribution in [0, 0.1) is 0 Å². The molecule has 0 saturated carbocycles. The van der Waals surface area contributed by atoms with Gasteiger partial charge in [0.25, 0.3) is 5.91 Å². The summed E-state index contributed by atoms with van der Waals surface area (Å²) in [4.78, 5) is 26.9. The van der Waals surface area contributed by atoms with E-state index < -0.39 is 5.97 Å². The van der Waals surface area contributed by atoms with Gasteiger partial charge in [-0.25, -0.2) is 4.79 Å². The summed E-state index contributed by atoms with van der Waals surface area (Å²) in [6.07, 6.45) is 3.03. The van der Waals surface area contributed by atoms with Crippen molar-refractivity contribution in [3.8, 4) is 11.5 Å². The smallest absolute Gasteiger partial charge is 0.343 e. The number of rotatable bonds is 2. The minimum atomic E-state index is -0.479. The van der Waals surface area contributed by atoms with Gasteiger partial charge in [-0.05, 0) is 24.3 Å². The first kappa shape index (κ1) is 12.2. The van der Waals surface area contributed by atoms with E-state index in [0.29, 0.717) is 22.7 Å². The van der Waals surface area contributed by atoms with Crippen molar-refractivity contribution < 1.29 is 19.1 Å². The van der Waals surface area contributed by atoms with Crippen LogP contribution in [0.4, 0.5) is 5.69 Å². The third-order valence-electron chi connectivity index (χ3n) is 2.71. The highest BCUT2D eigenvalue weighted by Gasteiger charge is 2.17. The van der Waals surface area contributed by atoms with Gasteiger partial charge in [-0.15, -0.1) is 0 Å². The first-order chi connectivity index (χ1) is 9.72. The van der Waals surface area contributed by atoms with E-state index in [4.69, 9.17) is 9.47 Å². The van der Waals surface area contributed by atoms with E-state index in [1.54, 1.807) is 30.3 Å². The Balaban J connectivity index is 1.79. The minimum Gasteiger partial charge on any atom is -0.481 e. The van der Waals surface area contributed by atoms with E-state index in [0.717, 1.165) is 0 Å². The molecule has 0 atom stereocenters. The SMILES string of the molecule is O=C1COc2cc(OC(=O)c3ccncc3)ccc2N1. The second-order valence-electron chi connectivity index (χ2n) is 4.12. The van der Waals surface area contributed by atoms with Gasteiger partial charge in [-0.3, -0.25) is 9.78 Å². The predicted octanol–water partition coefficient (Wildman–Crippen LogP) is 1.63. The molecule has 3 rings (SSSR count). The van der Waals surface area contributed by atoms with Gasteiger partial charge in [0, 0.05) is 18.5 Å². The molecule has 1 amide bonds. The molecule has 1 aromatic carbocycles. The molecule has 6 heteroatoms. The highest BCUT2D eigenvalue weighted by atomic mass is 16.5. The normalized spacial score (nSPS) is 12.9. The molecular weight excluding hydrogens is 260 g/mol. The zero-order valence-electron chi connectivity index (χ0n) is 10.3. The van der Waals surface area contributed by atoms with Crippen LogP contribution in [0.25, 0.3) is 0 Å². The van der Waals surface area contributed by atoms with Crippen molar-refractivity contribution in [2.24, 2.45) is 0 Å². The fraction of sp³-hybridized carbons (Fsp3) is 0.0714. The van der Waals surface area contributed by atoms with Crippen LogP contribution in [0.15, 0.2) is 42.7 Å². The number of carbonyl (C=O) groups excluding carboxylic acids is 2. The lowest BCUT2D eigenvalue weighted by Crippen LogP contribution is -2.25. The van der Waals surface area contributed by atoms with Gasteiger partial charge >= 0.3 is 5.97 Å². The maximum absolute atomic E-state index is 11.9. The maximum atomic E-state index is 11.9. The zero-order valence-corrected chi connectivity index (χ0v) is 10.3. The quantitative estimate of drug-likeness (QED) is 0.663. The first-order valence-corrected chi connectivity index (χ1v) is 5.91. The lowest BCUT2D eigenvalue weighted by molar-refractivity contribution is -0.118. The molecule has 1 aliphatic heterocycles. The Kier molecular flexibility index (Phi) is 3.04. The number of pyridine rings is 1. The number of aromatic nitrogens is 1. The Labute approximate surface area is 114 Å². The Morgan fingerprint density at radius 2 is 2.05 bits per heavy atom. The number of anilines is 1. The van der Waals surface area contributed by atoms with Crippen LogP contribution in [0.5, 0.6) is 11.5 Å². The molecule has 0 bridgehead atoms. The summed E-state index contributed by atoms with van der Waals surface area (Å²) in [6.45, 7) is -0.0469. The van der Waals surface area contributed by atoms with Crippen LogP contribution in [0.3, 0.4) is 0 Å².